The van der Waals surface area contributed by atoms with Gasteiger partial charge in [-0.1, -0.05) is 0 Å². The van der Waals surface area contributed by atoms with Crippen LogP contribution in [0.15, 0.2) is 24.5 Å². The van der Waals surface area contributed by atoms with Gasteiger partial charge in [0.2, 0.25) is 0 Å². The molecular formula is C10H8F3N3. The van der Waals surface area contributed by atoms with E-state index in [1.807, 2.05) is 0 Å². The second-order valence-corrected chi connectivity index (χ2v) is 3.34. The van der Waals surface area contributed by atoms with Gasteiger partial charge in [0.05, 0.1) is 11.9 Å². The predicted octanol–water partition coefficient (Wildman–Crippen LogP) is 2.80. The predicted molar refractivity (Wildman–Crippen MR) is 51.6 cm³/mol. The Labute approximate surface area is 89.3 Å². The molecule has 0 saturated carbocycles. The topological polar surface area (TPSA) is 41.6 Å². The zero-order chi connectivity index (χ0) is 11.8. The third kappa shape index (κ3) is 1.91. The maximum Gasteiger partial charge on any atom is 0.420 e. The van der Waals surface area contributed by atoms with E-state index in [1.165, 1.54) is 6.20 Å². The number of pyridine rings is 1. The molecule has 0 fully saturated rings. The summed E-state index contributed by atoms with van der Waals surface area (Å²) in [5, 5.41) is 5.75. The van der Waals surface area contributed by atoms with Crippen molar-refractivity contribution in [2.75, 3.05) is 0 Å². The van der Waals surface area contributed by atoms with Crippen molar-refractivity contribution in [1.29, 1.82) is 0 Å². The maximum absolute atomic E-state index is 12.6. The molecule has 16 heavy (non-hydrogen) atoms. The largest absolute Gasteiger partial charge is 0.420 e. The fourth-order valence-corrected chi connectivity index (χ4v) is 1.34. The number of aromatic amines is 1. The van der Waals surface area contributed by atoms with Crippen molar-refractivity contribution in [2.24, 2.45) is 0 Å². The van der Waals surface area contributed by atoms with Crippen LogP contribution >= 0.6 is 0 Å². The van der Waals surface area contributed by atoms with Crippen molar-refractivity contribution in [2.45, 2.75) is 13.1 Å². The molecule has 6 heteroatoms. The molecule has 0 spiro atoms. The summed E-state index contributed by atoms with van der Waals surface area (Å²) in [5.74, 6) is 0. The Balaban J connectivity index is 2.49. The molecule has 2 rings (SSSR count). The lowest BCUT2D eigenvalue weighted by atomic mass is 10.1. The molecule has 0 aliphatic rings. The monoisotopic (exact) mass is 227 g/mol. The standard InChI is InChI=1S/C10H8F3N3/c1-6-2-3-7(4-14-6)9-8(5-15-16-9)10(11,12)13/h2-5H,1H3,(H,15,16). The highest BCUT2D eigenvalue weighted by molar-refractivity contribution is 5.62. The summed E-state index contributed by atoms with van der Waals surface area (Å²) in [6.45, 7) is 1.77. The maximum atomic E-state index is 12.6. The van der Waals surface area contributed by atoms with Gasteiger partial charge in [-0.3, -0.25) is 10.1 Å². The van der Waals surface area contributed by atoms with E-state index in [-0.39, 0.29) is 5.69 Å². The number of hydrogen-bond acceptors (Lipinski definition) is 2. The van der Waals surface area contributed by atoms with E-state index in [0.717, 1.165) is 11.9 Å². The number of nitrogens with zero attached hydrogens (tertiary/aromatic N) is 2. The van der Waals surface area contributed by atoms with Gasteiger partial charge in [0.15, 0.2) is 0 Å². The van der Waals surface area contributed by atoms with Gasteiger partial charge in [-0.15, -0.1) is 0 Å². The van der Waals surface area contributed by atoms with Crippen molar-refractivity contribution in [3.63, 3.8) is 0 Å². The second kappa shape index (κ2) is 3.62. The van der Waals surface area contributed by atoms with E-state index in [0.29, 0.717) is 5.56 Å². The Morgan fingerprint density at radius 2 is 1.94 bits per heavy atom. The van der Waals surface area contributed by atoms with Crippen molar-refractivity contribution in [3.8, 4) is 11.3 Å². The summed E-state index contributed by atoms with van der Waals surface area (Å²) in [7, 11) is 0. The fraction of sp³-hybridized carbons (Fsp3) is 0.200. The number of H-pyrrole nitrogens is 1. The molecule has 0 saturated heterocycles. The lowest BCUT2D eigenvalue weighted by Gasteiger charge is -2.06. The zero-order valence-electron chi connectivity index (χ0n) is 8.34. The van der Waals surface area contributed by atoms with E-state index >= 15 is 0 Å². The van der Waals surface area contributed by atoms with Crippen molar-refractivity contribution in [3.05, 3.63) is 35.8 Å². The molecule has 1 N–H and O–H groups in total. The Kier molecular flexibility index (Phi) is 2.41. The van der Waals surface area contributed by atoms with E-state index in [1.54, 1.807) is 19.1 Å². The molecule has 0 bridgehead atoms. The summed E-state index contributed by atoms with van der Waals surface area (Å²) in [6, 6.07) is 3.22. The average Bonchev–Trinajstić information content (AvgIpc) is 2.66. The average molecular weight is 227 g/mol. The number of alkyl halides is 3. The number of aryl methyl sites for hydroxylation is 1. The van der Waals surface area contributed by atoms with Gasteiger partial charge in [-0.2, -0.15) is 18.3 Å². The van der Waals surface area contributed by atoms with Crippen LogP contribution in [-0.4, -0.2) is 15.2 Å². The second-order valence-electron chi connectivity index (χ2n) is 3.34. The van der Waals surface area contributed by atoms with Crippen LogP contribution < -0.4 is 0 Å². The van der Waals surface area contributed by atoms with Gasteiger partial charge < -0.3 is 0 Å². The van der Waals surface area contributed by atoms with Gasteiger partial charge in [0.1, 0.15) is 5.56 Å². The van der Waals surface area contributed by atoms with Crippen LogP contribution in [0.2, 0.25) is 0 Å². The van der Waals surface area contributed by atoms with E-state index in [4.69, 9.17) is 0 Å². The molecule has 0 aliphatic carbocycles. The highest BCUT2D eigenvalue weighted by atomic mass is 19.4. The van der Waals surface area contributed by atoms with Crippen molar-refractivity contribution < 1.29 is 13.2 Å². The zero-order valence-corrected chi connectivity index (χ0v) is 8.34. The molecule has 0 amide bonds. The lowest BCUT2D eigenvalue weighted by Crippen LogP contribution is -2.05. The quantitative estimate of drug-likeness (QED) is 0.813. The van der Waals surface area contributed by atoms with Crippen LogP contribution in [0.25, 0.3) is 11.3 Å². The smallest absolute Gasteiger partial charge is 0.277 e. The molecule has 3 nitrogen and oxygen atoms in total. The molecule has 0 radical (unpaired) electrons. The van der Waals surface area contributed by atoms with Gasteiger partial charge >= 0.3 is 6.18 Å². The molecule has 0 unspecified atom stereocenters. The number of halogens is 3. The fourth-order valence-electron chi connectivity index (χ4n) is 1.34. The Hall–Kier alpha value is -1.85. The van der Waals surface area contributed by atoms with Crippen molar-refractivity contribution in [1.82, 2.24) is 15.2 Å². The third-order valence-corrected chi connectivity index (χ3v) is 2.14. The Bertz CT molecular complexity index is 485. The van der Waals surface area contributed by atoms with Gasteiger partial charge in [0, 0.05) is 17.5 Å². The first-order valence-corrected chi connectivity index (χ1v) is 4.52. The molecule has 0 aromatic carbocycles. The summed E-state index contributed by atoms with van der Waals surface area (Å²) in [6.07, 6.45) is -2.25. The minimum atomic E-state index is -4.41. The Morgan fingerprint density at radius 1 is 1.19 bits per heavy atom. The summed E-state index contributed by atoms with van der Waals surface area (Å²) in [4.78, 5) is 3.94. The normalized spacial score (nSPS) is 11.8. The van der Waals surface area contributed by atoms with Crippen LogP contribution in [0.5, 0.6) is 0 Å². The molecule has 2 aromatic rings. The van der Waals surface area contributed by atoms with Crippen LogP contribution in [0.3, 0.4) is 0 Å². The highest BCUT2D eigenvalue weighted by Gasteiger charge is 2.35. The number of rotatable bonds is 1. The first-order valence-electron chi connectivity index (χ1n) is 4.52. The van der Waals surface area contributed by atoms with Crippen molar-refractivity contribution >= 4 is 0 Å². The molecule has 84 valence electrons. The van der Waals surface area contributed by atoms with Crippen LogP contribution in [0, 0.1) is 6.92 Å². The van der Waals surface area contributed by atoms with Gasteiger partial charge in [0.25, 0.3) is 0 Å². The molecule has 2 aromatic heterocycles. The number of hydrogen-bond donors (Lipinski definition) is 1. The molecule has 0 atom stereocenters. The van der Waals surface area contributed by atoms with Gasteiger partial charge in [-0.25, -0.2) is 0 Å². The van der Waals surface area contributed by atoms with E-state index in [9.17, 15) is 13.2 Å². The summed E-state index contributed by atoms with van der Waals surface area (Å²) >= 11 is 0. The summed E-state index contributed by atoms with van der Waals surface area (Å²) in [5.41, 5.74) is 0.283. The van der Waals surface area contributed by atoms with Crippen LogP contribution in [0.1, 0.15) is 11.3 Å². The highest BCUT2D eigenvalue weighted by Crippen LogP contribution is 2.35. The van der Waals surface area contributed by atoms with E-state index in [2.05, 4.69) is 15.2 Å². The third-order valence-electron chi connectivity index (χ3n) is 2.14. The number of aromatic nitrogens is 3. The molecular weight excluding hydrogens is 219 g/mol. The first-order chi connectivity index (χ1) is 7.48. The first kappa shape index (κ1) is 10.7. The van der Waals surface area contributed by atoms with Gasteiger partial charge in [-0.05, 0) is 19.1 Å². The van der Waals surface area contributed by atoms with Crippen LogP contribution in [-0.2, 0) is 6.18 Å². The molecule has 0 aliphatic heterocycles. The minimum absolute atomic E-state index is 0.0556. The summed E-state index contributed by atoms with van der Waals surface area (Å²) < 4.78 is 37.7. The minimum Gasteiger partial charge on any atom is -0.277 e. The Morgan fingerprint density at radius 3 is 2.50 bits per heavy atom. The SMILES string of the molecule is Cc1ccc(-c2[nH]ncc2C(F)(F)F)cn1. The lowest BCUT2D eigenvalue weighted by molar-refractivity contribution is -0.137. The number of nitrogens with one attached hydrogen (secondary N) is 1. The van der Waals surface area contributed by atoms with E-state index < -0.39 is 11.7 Å². The van der Waals surface area contributed by atoms with Crippen LogP contribution in [0.4, 0.5) is 13.2 Å². The molecule has 2 heterocycles.